The van der Waals surface area contributed by atoms with E-state index < -0.39 is 15.8 Å². The van der Waals surface area contributed by atoms with E-state index in [4.69, 9.17) is 10.5 Å². The van der Waals surface area contributed by atoms with E-state index in [9.17, 15) is 13.2 Å². The average Bonchev–Trinajstić information content (AvgIpc) is 3.42. The van der Waals surface area contributed by atoms with Crippen molar-refractivity contribution in [2.24, 2.45) is 0 Å². The number of allylic oxidation sites excluding steroid dienone is 1. The molecule has 1 atom stereocenters. The van der Waals surface area contributed by atoms with E-state index >= 15 is 0 Å². The van der Waals surface area contributed by atoms with Crippen molar-refractivity contribution in [1.29, 1.82) is 0 Å². The van der Waals surface area contributed by atoms with Gasteiger partial charge >= 0.3 is 5.97 Å². The predicted molar refractivity (Wildman–Crippen MR) is 128 cm³/mol. The number of aromatic nitrogens is 5. The minimum absolute atomic E-state index is 0.0871. The number of anilines is 1. The quantitative estimate of drug-likeness (QED) is 0.274. The first-order valence-corrected chi connectivity index (χ1v) is 14.0. The minimum Gasteiger partial charge on any atom is -0.462 e. The number of fused-ring (bicyclic) bond motifs is 1. The summed E-state index contributed by atoms with van der Waals surface area (Å²) < 4.78 is 30.8. The summed E-state index contributed by atoms with van der Waals surface area (Å²) in [6.07, 6.45) is 2.27. The first-order chi connectivity index (χ1) is 15.7. The van der Waals surface area contributed by atoms with Crippen LogP contribution in [0, 0.1) is 6.92 Å². The van der Waals surface area contributed by atoms with Gasteiger partial charge in [-0.3, -0.25) is 0 Å². The van der Waals surface area contributed by atoms with Gasteiger partial charge in [0.2, 0.25) is 0 Å². The van der Waals surface area contributed by atoms with Crippen molar-refractivity contribution in [3.63, 3.8) is 0 Å². The Bertz CT molecular complexity index is 1330. The van der Waals surface area contributed by atoms with Gasteiger partial charge in [-0.15, -0.1) is 28.1 Å². The summed E-state index contributed by atoms with van der Waals surface area (Å²) in [4.78, 5) is 22.3. The van der Waals surface area contributed by atoms with Crippen molar-refractivity contribution in [3.8, 4) is 0 Å². The number of thioether (sulfide) groups is 1. The molecule has 1 saturated heterocycles. The molecule has 1 fully saturated rings. The Hall–Kier alpha value is -2.51. The second-order valence-corrected chi connectivity index (χ2v) is 11.8. The van der Waals surface area contributed by atoms with Crippen molar-refractivity contribution >= 4 is 54.9 Å². The monoisotopic (exact) mass is 508 g/mol. The van der Waals surface area contributed by atoms with Crippen LogP contribution in [0.3, 0.4) is 0 Å². The Labute approximate surface area is 199 Å². The Morgan fingerprint density at radius 3 is 2.85 bits per heavy atom. The van der Waals surface area contributed by atoms with Gasteiger partial charge in [-0.25, -0.2) is 23.2 Å². The van der Waals surface area contributed by atoms with Gasteiger partial charge in [-0.05, 0) is 25.8 Å². The first-order valence-electron chi connectivity index (χ1n) is 10.3. The van der Waals surface area contributed by atoms with Crippen molar-refractivity contribution in [2.45, 2.75) is 43.6 Å². The normalized spacial score (nSPS) is 17.5. The maximum absolute atomic E-state index is 12.2. The van der Waals surface area contributed by atoms with Crippen LogP contribution in [-0.4, -0.2) is 57.2 Å². The van der Waals surface area contributed by atoms with E-state index in [1.54, 1.807) is 13.0 Å². The molecule has 1 aliphatic heterocycles. The van der Waals surface area contributed by atoms with Crippen LogP contribution in [-0.2, 0) is 26.9 Å². The van der Waals surface area contributed by atoms with Gasteiger partial charge in [0.05, 0.1) is 29.3 Å². The molecule has 0 unspecified atom stereocenters. The topological polar surface area (TPSA) is 143 Å². The molecule has 10 nitrogen and oxygen atoms in total. The van der Waals surface area contributed by atoms with E-state index in [0.717, 1.165) is 0 Å². The summed E-state index contributed by atoms with van der Waals surface area (Å²) in [5, 5.41) is 9.85. The van der Waals surface area contributed by atoms with Crippen LogP contribution in [0.1, 0.15) is 46.1 Å². The number of esters is 1. The van der Waals surface area contributed by atoms with Crippen LogP contribution in [0.2, 0.25) is 0 Å². The maximum Gasteiger partial charge on any atom is 0.348 e. The number of nitrogens with zero attached hydrogens (tertiary/aromatic N) is 5. The lowest BCUT2D eigenvalue weighted by molar-refractivity contribution is 0.0531. The van der Waals surface area contributed by atoms with Gasteiger partial charge in [0, 0.05) is 12.5 Å². The number of carbonyl (C=O) groups excluding carboxylic acids is 1. The predicted octanol–water partition coefficient (Wildman–Crippen LogP) is 2.73. The number of nitrogen functional groups attached to an aromatic ring is 1. The fraction of sp³-hybridized carbons (Fsp3) is 0.450. The molecule has 0 aliphatic carbocycles. The molecule has 4 rings (SSSR count). The number of sulfone groups is 1. The second kappa shape index (κ2) is 9.39. The highest BCUT2D eigenvalue weighted by molar-refractivity contribution is 7.98. The number of nitrogens with two attached hydrogens (primary N) is 1. The SMILES string of the molecule is C=CCn1c(SCc2nc(N)c3c(C)c(C(=O)OCC)sc3n2)nnc1[C@@H]1CCS(=O)(=O)C1. The zero-order valence-electron chi connectivity index (χ0n) is 18.3. The van der Waals surface area contributed by atoms with Gasteiger partial charge in [0.25, 0.3) is 0 Å². The van der Waals surface area contributed by atoms with Crippen molar-refractivity contribution in [2.75, 3.05) is 23.8 Å². The van der Waals surface area contributed by atoms with Crippen molar-refractivity contribution in [1.82, 2.24) is 24.7 Å². The number of hydrogen-bond acceptors (Lipinski definition) is 11. The Morgan fingerprint density at radius 2 is 2.18 bits per heavy atom. The third-order valence-electron chi connectivity index (χ3n) is 5.31. The van der Waals surface area contributed by atoms with E-state index in [1.165, 1.54) is 23.1 Å². The third kappa shape index (κ3) is 4.75. The summed E-state index contributed by atoms with van der Waals surface area (Å²) >= 11 is 2.62. The highest BCUT2D eigenvalue weighted by Gasteiger charge is 2.33. The zero-order chi connectivity index (χ0) is 23.8. The molecule has 0 saturated carbocycles. The lowest BCUT2D eigenvalue weighted by Gasteiger charge is -2.11. The van der Waals surface area contributed by atoms with Gasteiger partial charge < -0.3 is 15.0 Å². The lowest BCUT2D eigenvalue weighted by Crippen LogP contribution is -2.11. The summed E-state index contributed by atoms with van der Waals surface area (Å²) in [5.41, 5.74) is 6.91. The lowest BCUT2D eigenvalue weighted by atomic mass is 10.1. The number of aryl methyl sites for hydroxylation is 1. The van der Waals surface area contributed by atoms with Crippen molar-refractivity contribution < 1.29 is 17.9 Å². The zero-order valence-corrected chi connectivity index (χ0v) is 20.7. The van der Waals surface area contributed by atoms with E-state index in [-0.39, 0.29) is 24.0 Å². The molecule has 3 aromatic rings. The smallest absolute Gasteiger partial charge is 0.348 e. The largest absolute Gasteiger partial charge is 0.462 e. The Balaban J connectivity index is 1.58. The molecule has 13 heteroatoms. The molecular weight excluding hydrogens is 484 g/mol. The number of rotatable bonds is 8. The summed E-state index contributed by atoms with van der Waals surface area (Å²) in [6, 6.07) is 0. The molecule has 0 spiro atoms. The van der Waals surface area contributed by atoms with Crippen LogP contribution >= 0.6 is 23.1 Å². The highest BCUT2D eigenvalue weighted by Crippen LogP contribution is 2.35. The molecule has 176 valence electrons. The summed E-state index contributed by atoms with van der Waals surface area (Å²) in [7, 11) is -3.04. The van der Waals surface area contributed by atoms with E-state index in [2.05, 4.69) is 26.7 Å². The fourth-order valence-electron chi connectivity index (χ4n) is 3.81. The van der Waals surface area contributed by atoms with Gasteiger partial charge in [-0.2, -0.15) is 0 Å². The Morgan fingerprint density at radius 1 is 1.39 bits per heavy atom. The molecule has 0 aromatic carbocycles. The number of ether oxygens (including phenoxy) is 1. The summed E-state index contributed by atoms with van der Waals surface area (Å²) in [5.74, 6) is 1.53. The fourth-order valence-corrected chi connectivity index (χ4v) is 7.46. The number of thiophene rings is 1. The molecule has 3 aromatic heterocycles. The molecule has 2 N–H and O–H groups in total. The van der Waals surface area contributed by atoms with Gasteiger partial charge in [0.1, 0.15) is 27.2 Å². The van der Waals surface area contributed by atoms with Crippen LogP contribution in [0.5, 0.6) is 0 Å². The van der Waals surface area contributed by atoms with Crippen LogP contribution in [0.15, 0.2) is 17.8 Å². The second-order valence-electron chi connectivity index (χ2n) is 7.61. The van der Waals surface area contributed by atoms with E-state index in [1.807, 2.05) is 11.5 Å². The molecule has 0 amide bonds. The molecule has 4 heterocycles. The molecule has 33 heavy (non-hydrogen) atoms. The van der Waals surface area contributed by atoms with E-state index in [0.29, 0.717) is 62.0 Å². The number of carbonyl (C=O) groups is 1. The number of hydrogen-bond donors (Lipinski definition) is 1. The summed E-state index contributed by atoms with van der Waals surface area (Å²) in [6.45, 7) is 8.11. The van der Waals surface area contributed by atoms with Crippen LogP contribution in [0.25, 0.3) is 10.2 Å². The van der Waals surface area contributed by atoms with Crippen LogP contribution < -0.4 is 5.73 Å². The third-order valence-corrected chi connectivity index (χ3v) is 9.21. The maximum atomic E-state index is 12.2. The van der Waals surface area contributed by atoms with Gasteiger partial charge in [0.15, 0.2) is 15.0 Å². The molecule has 0 bridgehead atoms. The van der Waals surface area contributed by atoms with Crippen LogP contribution in [0.4, 0.5) is 5.82 Å². The van der Waals surface area contributed by atoms with Crippen molar-refractivity contribution in [3.05, 3.63) is 34.7 Å². The first kappa shape index (κ1) is 23.6. The minimum atomic E-state index is -3.04. The highest BCUT2D eigenvalue weighted by atomic mass is 32.2. The molecular formula is C20H24N6O4S3. The Kier molecular flexibility index (Phi) is 6.73. The molecule has 1 aliphatic rings. The molecule has 0 radical (unpaired) electrons. The standard InChI is InChI=1S/C20H24N6O4S3/c1-4-7-26-17(12-6-8-33(28,29)10-12)24-25-20(26)31-9-13-22-16(21)14-11(3)15(19(27)30-5-2)32-18(14)23-13/h4,12H,1,5-10H2,2-3H3,(H2,21,22,23)/t12-/m1/s1. The average molecular weight is 509 g/mol. The van der Waals surface area contributed by atoms with Gasteiger partial charge in [-0.1, -0.05) is 17.8 Å².